The number of nitrogens with one attached hydrogen (secondary N) is 1. The number of benzene rings is 3. The second-order valence-electron chi connectivity index (χ2n) is 8.05. The summed E-state index contributed by atoms with van der Waals surface area (Å²) in [5.74, 6) is 0. The summed E-state index contributed by atoms with van der Waals surface area (Å²) in [6, 6.07) is 25.4. The smallest absolute Gasteiger partial charge is 0.322 e. The van der Waals surface area contributed by atoms with Gasteiger partial charge in [-0.05, 0) is 46.0 Å². The molecule has 0 saturated carbocycles. The SMILES string of the molecule is NCc1ccc(-c2ccc(CN(Cc3cccnc3)C(=O)Nc3ccc([N+](=O)[O-])cc3)cc2)cc1. The van der Waals surface area contributed by atoms with E-state index in [1.54, 1.807) is 17.3 Å². The molecule has 3 aromatic carbocycles. The van der Waals surface area contributed by atoms with Crippen LogP contribution in [-0.4, -0.2) is 20.8 Å². The predicted octanol–water partition coefficient (Wildman–Crippen LogP) is 5.35. The van der Waals surface area contributed by atoms with Crippen LogP contribution in [0.5, 0.6) is 0 Å². The number of amides is 2. The number of nitrogens with zero attached hydrogens (tertiary/aromatic N) is 3. The van der Waals surface area contributed by atoms with Gasteiger partial charge in [0.15, 0.2) is 0 Å². The van der Waals surface area contributed by atoms with E-state index >= 15 is 0 Å². The first kappa shape index (κ1) is 23.6. The van der Waals surface area contributed by atoms with Crippen molar-refractivity contribution in [1.29, 1.82) is 0 Å². The summed E-state index contributed by atoms with van der Waals surface area (Å²) in [4.78, 5) is 29.4. The van der Waals surface area contributed by atoms with Gasteiger partial charge in [0.1, 0.15) is 0 Å². The molecule has 8 heteroatoms. The minimum absolute atomic E-state index is 0.0343. The second-order valence-corrected chi connectivity index (χ2v) is 8.05. The molecular formula is C27H25N5O3. The minimum Gasteiger partial charge on any atom is -0.326 e. The van der Waals surface area contributed by atoms with Gasteiger partial charge in [-0.15, -0.1) is 0 Å². The number of carbonyl (C=O) groups is 1. The Hall–Kier alpha value is -4.56. The molecule has 0 fully saturated rings. The Morgan fingerprint density at radius 1 is 0.857 bits per heavy atom. The summed E-state index contributed by atoms with van der Waals surface area (Å²) in [5, 5.41) is 13.7. The summed E-state index contributed by atoms with van der Waals surface area (Å²) in [5.41, 5.74) is 11.2. The monoisotopic (exact) mass is 467 g/mol. The van der Waals surface area contributed by atoms with Gasteiger partial charge in [0.05, 0.1) is 4.92 Å². The lowest BCUT2D eigenvalue weighted by molar-refractivity contribution is -0.384. The zero-order chi connectivity index (χ0) is 24.6. The highest BCUT2D eigenvalue weighted by atomic mass is 16.6. The van der Waals surface area contributed by atoms with Crippen molar-refractivity contribution in [3.05, 3.63) is 124 Å². The second kappa shape index (κ2) is 11.0. The first-order valence-corrected chi connectivity index (χ1v) is 11.1. The molecule has 0 atom stereocenters. The van der Waals surface area contributed by atoms with E-state index in [-0.39, 0.29) is 11.7 Å². The summed E-state index contributed by atoms with van der Waals surface area (Å²) in [6.07, 6.45) is 3.41. The van der Waals surface area contributed by atoms with Crippen LogP contribution in [0.4, 0.5) is 16.2 Å². The van der Waals surface area contributed by atoms with Crippen LogP contribution in [0.3, 0.4) is 0 Å². The Morgan fingerprint density at radius 2 is 1.46 bits per heavy atom. The molecule has 0 radical (unpaired) electrons. The van der Waals surface area contributed by atoms with Crippen molar-refractivity contribution in [2.75, 3.05) is 5.32 Å². The van der Waals surface area contributed by atoms with Crippen molar-refractivity contribution in [3.63, 3.8) is 0 Å². The topological polar surface area (TPSA) is 114 Å². The summed E-state index contributed by atoms with van der Waals surface area (Å²) in [6.45, 7) is 1.24. The quantitative estimate of drug-likeness (QED) is 0.268. The Kier molecular flexibility index (Phi) is 7.44. The van der Waals surface area contributed by atoms with Gasteiger partial charge in [-0.25, -0.2) is 4.79 Å². The summed E-state index contributed by atoms with van der Waals surface area (Å²) in [7, 11) is 0. The maximum atomic E-state index is 13.1. The molecule has 35 heavy (non-hydrogen) atoms. The Balaban J connectivity index is 1.50. The van der Waals surface area contributed by atoms with Crippen LogP contribution in [0.15, 0.2) is 97.3 Å². The molecule has 1 heterocycles. The fourth-order valence-corrected chi connectivity index (χ4v) is 3.64. The van der Waals surface area contributed by atoms with Crippen LogP contribution in [0.1, 0.15) is 16.7 Å². The first-order chi connectivity index (χ1) is 17.0. The van der Waals surface area contributed by atoms with E-state index < -0.39 is 4.92 Å². The highest BCUT2D eigenvalue weighted by molar-refractivity contribution is 5.89. The maximum Gasteiger partial charge on any atom is 0.322 e. The molecule has 4 rings (SSSR count). The molecule has 3 N–H and O–H groups in total. The Bertz CT molecular complexity index is 1280. The molecule has 0 saturated heterocycles. The molecule has 8 nitrogen and oxygen atoms in total. The van der Waals surface area contributed by atoms with Gasteiger partial charge < -0.3 is 16.0 Å². The number of hydrogen-bond donors (Lipinski definition) is 2. The number of nitro benzene ring substituents is 1. The third-order valence-electron chi connectivity index (χ3n) is 5.56. The van der Waals surface area contributed by atoms with Gasteiger partial charge in [-0.3, -0.25) is 15.1 Å². The number of pyridine rings is 1. The average Bonchev–Trinajstić information content (AvgIpc) is 2.90. The van der Waals surface area contributed by atoms with E-state index in [2.05, 4.69) is 10.3 Å². The van der Waals surface area contributed by atoms with Gasteiger partial charge in [0.25, 0.3) is 5.69 Å². The normalized spacial score (nSPS) is 10.5. The Morgan fingerprint density at radius 3 is 2.00 bits per heavy atom. The third-order valence-corrected chi connectivity index (χ3v) is 5.56. The molecule has 0 aliphatic carbocycles. The van der Waals surface area contributed by atoms with Crippen molar-refractivity contribution in [3.8, 4) is 11.1 Å². The zero-order valence-electron chi connectivity index (χ0n) is 19.0. The number of urea groups is 1. The molecule has 176 valence electrons. The van der Waals surface area contributed by atoms with Gasteiger partial charge in [-0.2, -0.15) is 0 Å². The summed E-state index contributed by atoms with van der Waals surface area (Å²) < 4.78 is 0. The third kappa shape index (κ3) is 6.27. The molecule has 0 unspecified atom stereocenters. The van der Waals surface area contributed by atoms with E-state index in [9.17, 15) is 14.9 Å². The van der Waals surface area contributed by atoms with Gasteiger partial charge in [-0.1, -0.05) is 54.6 Å². The van der Waals surface area contributed by atoms with E-state index in [1.807, 2.05) is 60.7 Å². The van der Waals surface area contributed by atoms with Crippen LogP contribution < -0.4 is 11.1 Å². The highest BCUT2D eigenvalue weighted by Gasteiger charge is 2.16. The van der Waals surface area contributed by atoms with Crippen LogP contribution in [-0.2, 0) is 19.6 Å². The van der Waals surface area contributed by atoms with Gasteiger partial charge in [0, 0.05) is 49.8 Å². The highest BCUT2D eigenvalue weighted by Crippen LogP contribution is 2.22. The van der Waals surface area contributed by atoms with Crippen LogP contribution in [0.2, 0.25) is 0 Å². The van der Waals surface area contributed by atoms with E-state index in [1.165, 1.54) is 24.3 Å². The molecule has 4 aromatic rings. The number of rotatable bonds is 8. The first-order valence-electron chi connectivity index (χ1n) is 11.1. The van der Waals surface area contributed by atoms with Crippen LogP contribution in [0.25, 0.3) is 11.1 Å². The molecule has 0 bridgehead atoms. The molecule has 0 aliphatic rings. The number of aromatic nitrogens is 1. The minimum atomic E-state index is -0.476. The molecular weight excluding hydrogens is 442 g/mol. The number of hydrogen-bond acceptors (Lipinski definition) is 5. The lowest BCUT2D eigenvalue weighted by Crippen LogP contribution is -2.34. The number of nitro groups is 1. The van der Waals surface area contributed by atoms with Crippen molar-refractivity contribution < 1.29 is 9.72 Å². The average molecular weight is 468 g/mol. The lowest BCUT2D eigenvalue weighted by atomic mass is 10.0. The zero-order valence-corrected chi connectivity index (χ0v) is 19.0. The van der Waals surface area contributed by atoms with Gasteiger partial charge in [0.2, 0.25) is 0 Å². The number of nitrogens with two attached hydrogens (primary N) is 1. The standard InChI is InChI=1S/C27H25N5O3/c28-16-20-3-7-23(8-4-20)24-9-5-21(6-10-24)18-31(19-22-2-1-15-29-17-22)27(33)30-25-11-13-26(14-12-25)32(34)35/h1-15,17H,16,18-19,28H2,(H,30,33). The van der Waals surface area contributed by atoms with Crippen LogP contribution >= 0.6 is 0 Å². The summed E-state index contributed by atoms with van der Waals surface area (Å²) >= 11 is 0. The number of non-ortho nitro benzene ring substituents is 1. The van der Waals surface area contributed by atoms with Gasteiger partial charge >= 0.3 is 6.03 Å². The predicted molar refractivity (Wildman–Crippen MR) is 135 cm³/mol. The molecule has 2 amide bonds. The van der Waals surface area contributed by atoms with E-state index in [0.29, 0.717) is 25.3 Å². The van der Waals surface area contributed by atoms with Crippen molar-refractivity contribution in [2.45, 2.75) is 19.6 Å². The lowest BCUT2D eigenvalue weighted by Gasteiger charge is -2.23. The Labute approximate surface area is 203 Å². The fourth-order valence-electron chi connectivity index (χ4n) is 3.64. The largest absolute Gasteiger partial charge is 0.326 e. The van der Waals surface area contributed by atoms with E-state index in [4.69, 9.17) is 5.73 Å². The maximum absolute atomic E-state index is 13.1. The molecule has 1 aromatic heterocycles. The van der Waals surface area contributed by atoms with Crippen molar-refractivity contribution in [1.82, 2.24) is 9.88 Å². The molecule has 0 aliphatic heterocycles. The van der Waals surface area contributed by atoms with Crippen molar-refractivity contribution >= 4 is 17.4 Å². The van der Waals surface area contributed by atoms with Crippen LogP contribution in [0, 0.1) is 10.1 Å². The fraction of sp³-hybridized carbons (Fsp3) is 0.111. The number of carbonyl (C=O) groups excluding carboxylic acids is 1. The van der Waals surface area contributed by atoms with Crippen molar-refractivity contribution in [2.24, 2.45) is 5.73 Å². The number of anilines is 1. The molecule has 0 spiro atoms. The van der Waals surface area contributed by atoms with E-state index in [0.717, 1.165) is 27.8 Å².